The zero-order valence-electron chi connectivity index (χ0n) is 14.7. The Hall–Kier alpha value is -3.79. The lowest BCUT2D eigenvalue weighted by atomic mass is 10.1. The number of benzene rings is 4. The van der Waals surface area contributed by atoms with Gasteiger partial charge >= 0.3 is 0 Å². The number of hydrogen-bond acceptors (Lipinski definition) is 3. The summed E-state index contributed by atoms with van der Waals surface area (Å²) in [5, 5.41) is 14.6. The molecule has 0 bridgehead atoms. The Bertz CT molecular complexity index is 1030. The van der Waals surface area contributed by atoms with Gasteiger partial charge in [0.25, 0.3) is 5.91 Å². The number of nitrogen functional groups attached to an aromatic ring is 1. The molecule has 4 heteroatoms. The molecule has 0 saturated heterocycles. The Labute approximate surface area is 157 Å². The minimum Gasteiger partial charge on any atom is -0.507 e. The van der Waals surface area contributed by atoms with Gasteiger partial charge in [-0.15, -0.1) is 0 Å². The topological polar surface area (TPSA) is 75.4 Å². The molecule has 4 aromatic carbocycles. The number of phenols is 1. The zero-order chi connectivity index (χ0) is 19.1. The molecule has 0 spiro atoms. The highest BCUT2D eigenvalue weighted by Crippen LogP contribution is 2.25. The fourth-order valence-electron chi connectivity index (χ4n) is 2.58. The largest absolute Gasteiger partial charge is 0.507 e. The Morgan fingerprint density at radius 2 is 1.26 bits per heavy atom. The molecular weight excluding hydrogens is 336 g/mol. The number of anilines is 2. The van der Waals surface area contributed by atoms with Gasteiger partial charge in [-0.05, 0) is 47.2 Å². The maximum atomic E-state index is 12.2. The van der Waals surface area contributed by atoms with Gasteiger partial charge in [0.05, 0.1) is 5.56 Å². The van der Waals surface area contributed by atoms with E-state index in [9.17, 15) is 9.90 Å². The van der Waals surface area contributed by atoms with Crippen molar-refractivity contribution in [3.63, 3.8) is 0 Å². The maximum absolute atomic E-state index is 12.2. The number of amides is 1. The number of fused-ring (bicyclic) bond motifs is 1. The predicted molar refractivity (Wildman–Crippen MR) is 111 cm³/mol. The summed E-state index contributed by atoms with van der Waals surface area (Å²) < 4.78 is 0. The molecule has 0 aromatic heterocycles. The molecule has 1 amide bonds. The lowest BCUT2D eigenvalue weighted by Crippen LogP contribution is -2.11. The van der Waals surface area contributed by atoms with Crippen molar-refractivity contribution in [1.82, 2.24) is 0 Å². The third kappa shape index (κ3) is 4.86. The average Bonchev–Trinajstić information content (AvgIpc) is 2.69. The fourth-order valence-corrected chi connectivity index (χ4v) is 2.58. The summed E-state index contributed by atoms with van der Waals surface area (Å²) in [4.78, 5) is 12.2. The lowest BCUT2D eigenvalue weighted by Gasteiger charge is -2.08. The van der Waals surface area contributed by atoms with E-state index in [2.05, 4.69) is 5.32 Å². The van der Waals surface area contributed by atoms with E-state index in [0.29, 0.717) is 5.69 Å². The summed E-state index contributed by atoms with van der Waals surface area (Å²) in [6, 6.07) is 29.6. The smallest absolute Gasteiger partial charge is 0.259 e. The van der Waals surface area contributed by atoms with Gasteiger partial charge in [-0.3, -0.25) is 4.79 Å². The number of aromatic hydroxyl groups is 1. The molecule has 0 aliphatic heterocycles. The average molecular weight is 356 g/mol. The van der Waals surface area contributed by atoms with Crippen LogP contribution in [-0.4, -0.2) is 11.0 Å². The van der Waals surface area contributed by atoms with Crippen LogP contribution in [0.1, 0.15) is 10.4 Å². The second-order valence-electron chi connectivity index (χ2n) is 5.95. The summed E-state index contributed by atoms with van der Waals surface area (Å²) >= 11 is 0. The molecule has 0 aliphatic rings. The van der Waals surface area contributed by atoms with Crippen LogP contribution in [0.4, 0.5) is 11.4 Å². The van der Waals surface area contributed by atoms with Crippen LogP contribution in [0.2, 0.25) is 0 Å². The monoisotopic (exact) mass is 356 g/mol. The highest BCUT2D eigenvalue weighted by Gasteiger charge is 2.12. The second-order valence-corrected chi connectivity index (χ2v) is 5.95. The molecule has 4 nitrogen and oxygen atoms in total. The standard InChI is InChI=1S/C17H13NO2.C6H7N/c19-16-11-13-7-5-4-6-12(13)10-15(16)17(20)18-14-8-2-1-3-9-14;7-6-4-2-1-3-5-6/h1-11,19H,(H,18,20);1-5H,7H2. The third-order valence-electron chi connectivity index (χ3n) is 3.94. The highest BCUT2D eigenvalue weighted by atomic mass is 16.3. The van der Waals surface area contributed by atoms with Crippen LogP contribution in [0.25, 0.3) is 10.8 Å². The summed E-state index contributed by atoms with van der Waals surface area (Å²) in [6.07, 6.45) is 0. The van der Waals surface area contributed by atoms with Crippen molar-refractivity contribution in [2.45, 2.75) is 0 Å². The van der Waals surface area contributed by atoms with Crippen molar-refractivity contribution in [2.75, 3.05) is 11.1 Å². The second kappa shape index (κ2) is 8.54. The summed E-state index contributed by atoms with van der Waals surface area (Å²) in [7, 11) is 0. The summed E-state index contributed by atoms with van der Waals surface area (Å²) in [6.45, 7) is 0. The normalized spacial score (nSPS) is 9.93. The molecule has 0 fully saturated rings. The van der Waals surface area contributed by atoms with Crippen LogP contribution in [0.5, 0.6) is 5.75 Å². The van der Waals surface area contributed by atoms with E-state index in [-0.39, 0.29) is 17.2 Å². The van der Waals surface area contributed by atoms with Gasteiger partial charge in [0.1, 0.15) is 5.75 Å². The Kier molecular flexibility index (Phi) is 5.70. The number of phenolic OH excluding ortho intramolecular Hbond substituents is 1. The molecule has 0 radical (unpaired) electrons. The molecule has 0 unspecified atom stereocenters. The summed E-state index contributed by atoms with van der Waals surface area (Å²) in [5.41, 5.74) is 7.15. The SMILES string of the molecule is Nc1ccccc1.O=C(Nc1ccccc1)c1cc2ccccc2cc1O. The quantitative estimate of drug-likeness (QED) is 0.439. The van der Waals surface area contributed by atoms with Gasteiger partial charge in [0.2, 0.25) is 0 Å². The summed E-state index contributed by atoms with van der Waals surface area (Å²) in [5.74, 6) is -0.336. The number of carbonyl (C=O) groups is 1. The van der Waals surface area contributed by atoms with E-state index in [0.717, 1.165) is 16.5 Å². The van der Waals surface area contributed by atoms with Gasteiger partial charge < -0.3 is 16.2 Å². The number of hydrogen-bond donors (Lipinski definition) is 3. The van der Waals surface area contributed by atoms with Crippen molar-refractivity contribution in [2.24, 2.45) is 0 Å². The molecule has 0 saturated carbocycles. The van der Waals surface area contributed by atoms with E-state index >= 15 is 0 Å². The van der Waals surface area contributed by atoms with Crippen LogP contribution in [0.15, 0.2) is 97.1 Å². The molecule has 0 heterocycles. The molecule has 0 atom stereocenters. The maximum Gasteiger partial charge on any atom is 0.259 e. The van der Waals surface area contributed by atoms with E-state index in [4.69, 9.17) is 5.73 Å². The minimum absolute atomic E-state index is 0.0165. The first-order chi connectivity index (χ1) is 13.1. The van der Waals surface area contributed by atoms with Crippen LogP contribution in [0.3, 0.4) is 0 Å². The van der Waals surface area contributed by atoms with Crippen molar-refractivity contribution in [3.8, 4) is 5.75 Å². The van der Waals surface area contributed by atoms with Crippen molar-refractivity contribution >= 4 is 28.1 Å². The highest BCUT2D eigenvalue weighted by molar-refractivity contribution is 6.08. The number of rotatable bonds is 2. The number of nitrogens with one attached hydrogen (secondary N) is 1. The molecule has 4 N–H and O–H groups in total. The minimum atomic E-state index is -0.320. The zero-order valence-corrected chi connectivity index (χ0v) is 14.7. The number of nitrogens with two attached hydrogens (primary N) is 1. The van der Waals surface area contributed by atoms with Crippen molar-refractivity contribution in [1.29, 1.82) is 0 Å². The number of para-hydroxylation sites is 2. The Balaban J connectivity index is 0.000000253. The first-order valence-electron chi connectivity index (χ1n) is 8.52. The lowest BCUT2D eigenvalue weighted by molar-refractivity contribution is 0.102. The Morgan fingerprint density at radius 1 is 0.741 bits per heavy atom. The molecule has 134 valence electrons. The van der Waals surface area contributed by atoms with Gasteiger partial charge in [0, 0.05) is 11.4 Å². The molecular formula is C23H20N2O2. The van der Waals surface area contributed by atoms with E-state index < -0.39 is 0 Å². The van der Waals surface area contributed by atoms with Crippen LogP contribution in [-0.2, 0) is 0 Å². The molecule has 4 aromatic rings. The van der Waals surface area contributed by atoms with Crippen LogP contribution in [0, 0.1) is 0 Å². The van der Waals surface area contributed by atoms with Crippen molar-refractivity contribution in [3.05, 3.63) is 103 Å². The number of carbonyl (C=O) groups excluding carboxylic acids is 1. The van der Waals surface area contributed by atoms with E-state index in [1.807, 2.05) is 72.8 Å². The Morgan fingerprint density at radius 3 is 1.81 bits per heavy atom. The third-order valence-corrected chi connectivity index (χ3v) is 3.94. The van der Waals surface area contributed by atoms with Crippen LogP contribution >= 0.6 is 0 Å². The van der Waals surface area contributed by atoms with Crippen molar-refractivity contribution < 1.29 is 9.90 Å². The fraction of sp³-hybridized carbons (Fsp3) is 0. The van der Waals surface area contributed by atoms with Gasteiger partial charge in [0.15, 0.2) is 0 Å². The van der Waals surface area contributed by atoms with E-state index in [1.54, 1.807) is 24.3 Å². The van der Waals surface area contributed by atoms with Crippen LogP contribution < -0.4 is 11.1 Å². The molecule has 0 aliphatic carbocycles. The first kappa shape index (κ1) is 18.0. The molecule has 4 rings (SSSR count). The van der Waals surface area contributed by atoms with Gasteiger partial charge in [-0.2, -0.15) is 0 Å². The van der Waals surface area contributed by atoms with Gasteiger partial charge in [-0.1, -0.05) is 60.7 Å². The first-order valence-corrected chi connectivity index (χ1v) is 8.52. The van der Waals surface area contributed by atoms with E-state index in [1.165, 1.54) is 0 Å². The predicted octanol–water partition coefficient (Wildman–Crippen LogP) is 5.07. The van der Waals surface area contributed by atoms with Gasteiger partial charge in [-0.25, -0.2) is 0 Å². The molecule has 27 heavy (non-hydrogen) atoms.